The minimum atomic E-state index is -3.40. The molecule has 2 aromatic rings. The van der Waals surface area contributed by atoms with E-state index < -0.39 is 39.8 Å². The molecule has 0 bridgehead atoms. The maximum atomic E-state index is 13.4. The van der Waals surface area contributed by atoms with Crippen LogP contribution in [0.1, 0.15) is 41.8 Å². The number of urea groups is 1. The van der Waals surface area contributed by atoms with Crippen LogP contribution in [0.25, 0.3) is 0 Å². The van der Waals surface area contributed by atoms with E-state index in [2.05, 4.69) is 5.32 Å². The molecule has 1 fully saturated rings. The first-order chi connectivity index (χ1) is 17.1. The lowest BCUT2D eigenvalue weighted by Crippen LogP contribution is -2.41. The van der Waals surface area contributed by atoms with Crippen LogP contribution in [-0.4, -0.2) is 63.1 Å². The quantitative estimate of drug-likeness (QED) is 0.464. The highest BCUT2D eigenvalue weighted by Crippen LogP contribution is 2.37. The number of ketones is 1. The predicted octanol–water partition coefficient (Wildman–Crippen LogP) is 2.21. The molecular weight excluding hydrogens is 486 g/mol. The summed E-state index contributed by atoms with van der Waals surface area (Å²) in [5.74, 6) is 0.102. The van der Waals surface area contributed by atoms with E-state index in [0.717, 1.165) is 16.9 Å². The van der Waals surface area contributed by atoms with E-state index >= 15 is 0 Å². The van der Waals surface area contributed by atoms with Crippen molar-refractivity contribution in [3.63, 3.8) is 0 Å². The summed E-state index contributed by atoms with van der Waals surface area (Å²) in [4.78, 5) is 40.1. The standard InChI is InChI=1S/C25H27N3O7S/c1-3-36(32,33)28-10-9-16-13-17(5-7-19(16)28)20(29)15-27-23(30)25(2,26-24(27)31)18-6-8-21-22(14-18)35-12-4-11-34-21/h5-8,13-14H,3-4,9-12,15H2,1-2H3,(H,26,31)/t25-/m0/s1. The van der Waals surface area contributed by atoms with E-state index in [4.69, 9.17) is 9.47 Å². The van der Waals surface area contributed by atoms with Gasteiger partial charge in [0.05, 0.1) is 31.2 Å². The molecule has 3 aliphatic heterocycles. The molecule has 0 aromatic heterocycles. The molecule has 0 aliphatic carbocycles. The highest BCUT2D eigenvalue weighted by molar-refractivity contribution is 7.92. The van der Waals surface area contributed by atoms with Gasteiger partial charge in [-0.25, -0.2) is 13.2 Å². The molecule has 0 saturated carbocycles. The van der Waals surface area contributed by atoms with Gasteiger partial charge in [-0.1, -0.05) is 6.07 Å². The Kier molecular flexibility index (Phi) is 5.90. The lowest BCUT2D eigenvalue weighted by Gasteiger charge is -2.23. The Balaban J connectivity index is 1.35. The molecule has 1 N–H and O–H groups in total. The van der Waals surface area contributed by atoms with Crippen molar-refractivity contribution < 1.29 is 32.3 Å². The second-order valence-corrected chi connectivity index (χ2v) is 11.3. The molecule has 5 rings (SSSR count). The molecule has 3 heterocycles. The topological polar surface area (TPSA) is 122 Å². The van der Waals surface area contributed by atoms with Gasteiger partial charge < -0.3 is 14.8 Å². The minimum Gasteiger partial charge on any atom is -0.490 e. The summed E-state index contributed by atoms with van der Waals surface area (Å²) in [5.41, 5.74) is 0.774. The third-order valence-electron chi connectivity index (χ3n) is 6.86. The zero-order valence-electron chi connectivity index (χ0n) is 20.1. The van der Waals surface area contributed by atoms with Crippen LogP contribution in [-0.2, 0) is 26.8 Å². The maximum absolute atomic E-state index is 13.4. The van der Waals surface area contributed by atoms with Crippen molar-refractivity contribution >= 4 is 33.4 Å². The number of rotatable bonds is 6. The molecule has 1 saturated heterocycles. The van der Waals surface area contributed by atoms with Crippen molar-refractivity contribution in [2.75, 3.05) is 36.4 Å². The average Bonchev–Trinajstić information content (AvgIpc) is 3.28. The number of carbonyl (C=O) groups is 3. The Morgan fingerprint density at radius 2 is 1.83 bits per heavy atom. The van der Waals surface area contributed by atoms with Gasteiger partial charge in [0.2, 0.25) is 10.0 Å². The number of benzene rings is 2. The first-order valence-corrected chi connectivity index (χ1v) is 13.5. The monoisotopic (exact) mass is 513 g/mol. The van der Waals surface area contributed by atoms with Gasteiger partial charge in [0.1, 0.15) is 5.54 Å². The number of hydrogen-bond donors (Lipinski definition) is 1. The summed E-state index contributed by atoms with van der Waals surface area (Å²) < 4.78 is 37.4. The molecule has 190 valence electrons. The largest absolute Gasteiger partial charge is 0.490 e. The molecule has 11 heteroatoms. The molecular formula is C25H27N3O7S. The van der Waals surface area contributed by atoms with Gasteiger partial charge in [-0.3, -0.25) is 18.8 Å². The highest BCUT2D eigenvalue weighted by Gasteiger charge is 2.50. The molecule has 1 atom stereocenters. The van der Waals surface area contributed by atoms with Gasteiger partial charge in [-0.15, -0.1) is 0 Å². The lowest BCUT2D eigenvalue weighted by atomic mass is 9.91. The summed E-state index contributed by atoms with van der Waals surface area (Å²) in [6.07, 6.45) is 1.23. The van der Waals surface area contributed by atoms with Crippen LogP contribution in [0.2, 0.25) is 0 Å². The van der Waals surface area contributed by atoms with Crippen LogP contribution >= 0.6 is 0 Å². The summed E-state index contributed by atoms with van der Waals surface area (Å²) in [6.45, 7) is 4.09. The zero-order valence-corrected chi connectivity index (χ0v) is 20.9. The van der Waals surface area contributed by atoms with E-state index in [1.54, 1.807) is 44.2 Å². The number of fused-ring (bicyclic) bond motifs is 2. The van der Waals surface area contributed by atoms with Crippen LogP contribution in [0.15, 0.2) is 36.4 Å². The molecule has 10 nitrogen and oxygen atoms in total. The Labute approximate surface area is 209 Å². The lowest BCUT2D eigenvalue weighted by molar-refractivity contribution is -0.130. The van der Waals surface area contributed by atoms with Gasteiger partial charge in [0.15, 0.2) is 17.3 Å². The molecule has 3 aliphatic rings. The van der Waals surface area contributed by atoms with Crippen molar-refractivity contribution in [3.05, 3.63) is 53.1 Å². The SMILES string of the molecule is CCS(=O)(=O)N1CCc2cc(C(=O)CN3C(=O)N[C@@](C)(c4ccc5c(c4)OCCCO5)C3=O)ccc21. The fourth-order valence-corrected chi connectivity index (χ4v) is 5.89. The molecule has 3 amide bonds. The zero-order chi connectivity index (χ0) is 25.7. The van der Waals surface area contributed by atoms with Crippen LogP contribution in [0.4, 0.5) is 10.5 Å². The number of nitrogens with one attached hydrogen (secondary N) is 1. The van der Waals surface area contributed by atoms with Gasteiger partial charge in [-0.2, -0.15) is 0 Å². The van der Waals surface area contributed by atoms with Gasteiger partial charge >= 0.3 is 6.03 Å². The van der Waals surface area contributed by atoms with E-state index in [1.807, 2.05) is 0 Å². The molecule has 0 radical (unpaired) electrons. The molecule has 0 unspecified atom stereocenters. The molecule has 36 heavy (non-hydrogen) atoms. The Hall–Kier alpha value is -3.60. The number of anilines is 1. The number of Topliss-reactive ketones (excluding diaryl/α,β-unsaturated/α-hetero) is 1. The number of hydrogen-bond acceptors (Lipinski definition) is 7. The Morgan fingerprint density at radius 3 is 2.58 bits per heavy atom. The van der Waals surface area contributed by atoms with Gasteiger partial charge in [0, 0.05) is 18.5 Å². The summed E-state index contributed by atoms with van der Waals surface area (Å²) in [7, 11) is -3.40. The van der Waals surface area contributed by atoms with Crippen molar-refractivity contribution in [3.8, 4) is 11.5 Å². The van der Waals surface area contributed by atoms with Crippen LogP contribution < -0.4 is 19.1 Å². The summed E-state index contributed by atoms with van der Waals surface area (Å²) in [5, 5.41) is 2.71. The normalized spacial score (nSPS) is 21.3. The molecule has 0 spiro atoms. The second kappa shape index (κ2) is 8.81. The van der Waals surface area contributed by atoms with Gasteiger partial charge in [-0.05, 0) is 61.7 Å². The van der Waals surface area contributed by atoms with Crippen molar-refractivity contribution in [1.29, 1.82) is 0 Å². The highest BCUT2D eigenvalue weighted by atomic mass is 32.2. The Morgan fingerprint density at radius 1 is 1.08 bits per heavy atom. The number of imide groups is 1. The summed E-state index contributed by atoms with van der Waals surface area (Å²) in [6, 6.07) is 9.21. The first kappa shape index (κ1) is 24.1. The van der Waals surface area contributed by atoms with E-state index in [9.17, 15) is 22.8 Å². The van der Waals surface area contributed by atoms with Crippen molar-refractivity contribution in [2.24, 2.45) is 0 Å². The first-order valence-electron chi connectivity index (χ1n) is 11.8. The molecule has 2 aromatic carbocycles. The van der Waals surface area contributed by atoms with Gasteiger partial charge in [0.25, 0.3) is 5.91 Å². The number of nitrogens with zero attached hydrogens (tertiary/aromatic N) is 2. The number of sulfonamides is 1. The van der Waals surface area contributed by atoms with Crippen molar-refractivity contribution in [2.45, 2.75) is 32.2 Å². The van der Waals surface area contributed by atoms with E-state index in [1.165, 1.54) is 10.4 Å². The van der Waals surface area contributed by atoms with E-state index in [-0.39, 0.29) is 5.75 Å². The second-order valence-electron chi connectivity index (χ2n) is 9.15. The van der Waals surface area contributed by atoms with Crippen LogP contribution in [0.3, 0.4) is 0 Å². The fraction of sp³-hybridized carbons (Fsp3) is 0.400. The van der Waals surface area contributed by atoms with Crippen LogP contribution in [0, 0.1) is 0 Å². The smallest absolute Gasteiger partial charge is 0.325 e. The van der Waals surface area contributed by atoms with Crippen LogP contribution in [0.5, 0.6) is 11.5 Å². The van der Waals surface area contributed by atoms with E-state index in [0.29, 0.717) is 54.5 Å². The minimum absolute atomic E-state index is 0.0125. The number of ether oxygens (including phenoxy) is 2. The van der Waals surface area contributed by atoms with Crippen molar-refractivity contribution in [1.82, 2.24) is 10.2 Å². The Bertz CT molecular complexity index is 1370. The summed E-state index contributed by atoms with van der Waals surface area (Å²) >= 11 is 0. The third-order valence-corrected chi connectivity index (χ3v) is 8.64. The fourth-order valence-electron chi connectivity index (χ4n) is 4.74. The average molecular weight is 514 g/mol. The maximum Gasteiger partial charge on any atom is 0.325 e. The third kappa shape index (κ3) is 3.97. The predicted molar refractivity (Wildman–Crippen MR) is 131 cm³/mol. The number of amides is 3. The number of carbonyl (C=O) groups excluding carboxylic acids is 3.